The minimum absolute atomic E-state index is 0.0764. The molecule has 104 valence electrons. The molecular formula is C14H25NO3. The number of alkyl carbamates (subject to hydrolysis) is 1. The number of ketones is 1. The van der Waals surface area contributed by atoms with Crippen LogP contribution in [0.15, 0.2) is 0 Å². The number of hydrogen-bond donors (Lipinski definition) is 1. The molecule has 0 aliphatic heterocycles. The van der Waals surface area contributed by atoms with Gasteiger partial charge in [0, 0.05) is 17.9 Å². The standard InChI is InChI=1S/C14H25NO3/c1-9(2)12(16)10-6-7-11(8-10)15-13(17)18-14(3,4)5/h9-11H,6-8H2,1-5H3,(H,15,17)/t10-,11+/m1/s1. The van der Waals surface area contributed by atoms with E-state index in [0.29, 0.717) is 5.78 Å². The van der Waals surface area contributed by atoms with Gasteiger partial charge in [0.25, 0.3) is 0 Å². The van der Waals surface area contributed by atoms with Gasteiger partial charge in [0.1, 0.15) is 11.4 Å². The average Bonchev–Trinajstić information content (AvgIpc) is 2.61. The fraction of sp³-hybridized carbons (Fsp3) is 0.857. The number of amides is 1. The van der Waals surface area contributed by atoms with Gasteiger partial charge >= 0.3 is 6.09 Å². The summed E-state index contributed by atoms with van der Waals surface area (Å²) >= 11 is 0. The van der Waals surface area contributed by atoms with Crippen LogP contribution in [0.1, 0.15) is 53.9 Å². The highest BCUT2D eigenvalue weighted by atomic mass is 16.6. The summed E-state index contributed by atoms with van der Waals surface area (Å²) < 4.78 is 5.21. The molecule has 0 radical (unpaired) electrons. The second kappa shape index (κ2) is 5.72. The molecule has 1 rings (SSSR count). The fourth-order valence-electron chi connectivity index (χ4n) is 2.32. The number of Topliss-reactive ketones (excluding diaryl/α,β-unsaturated/α-hetero) is 1. The Labute approximate surface area is 109 Å². The maximum absolute atomic E-state index is 11.9. The van der Waals surface area contributed by atoms with Crippen molar-refractivity contribution in [1.82, 2.24) is 5.32 Å². The van der Waals surface area contributed by atoms with Crippen LogP contribution in [-0.4, -0.2) is 23.5 Å². The summed E-state index contributed by atoms with van der Waals surface area (Å²) in [6, 6.07) is 0.0764. The SMILES string of the molecule is CC(C)C(=O)[C@@H]1CC[C@H](NC(=O)OC(C)(C)C)C1. The van der Waals surface area contributed by atoms with Crippen LogP contribution in [0.5, 0.6) is 0 Å². The third-order valence-corrected chi connectivity index (χ3v) is 3.12. The van der Waals surface area contributed by atoms with E-state index < -0.39 is 5.60 Å². The van der Waals surface area contributed by atoms with Crippen LogP contribution >= 0.6 is 0 Å². The Morgan fingerprint density at radius 2 is 1.83 bits per heavy atom. The Bertz CT molecular complexity index is 317. The van der Waals surface area contributed by atoms with Crippen LogP contribution in [0.4, 0.5) is 4.79 Å². The van der Waals surface area contributed by atoms with Gasteiger partial charge < -0.3 is 10.1 Å². The Morgan fingerprint density at radius 3 is 2.33 bits per heavy atom. The van der Waals surface area contributed by atoms with Crippen molar-refractivity contribution in [2.75, 3.05) is 0 Å². The molecule has 0 aromatic rings. The summed E-state index contributed by atoms with van der Waals surface area (Å²) in [5.74, 6) is 0.490. The lowest BCUT2D eigenvalue weighted by atomic mass is 9.94. The zero-order valence-electron chi connectivity index (χ0n) is 12.1. The number of carbonyl (C=O) groups is 2. The van der Waals surface area contributed by atoms with E-state index in [1.807, 2.05) is 34.6 Å². The summed E-state index contributed by atoms with van der Waals surface area (Å²) in [7, 11) is 0. The highest BCUT2D eigenvalue weighted by molar-refractivity contribution is 5.83. The van der Waals surface area contributed by atoms with Crippen molar-refractivity contribution in [3.05, 3.63) is 0 Å². The van der Waals surface area contributed by atoms with Gasteiger partial charge in [-0.1, -0.05) is 13.8 Å². The third kappa shape index (κ3) is 4.67. The molecule has 4 heteroatoms. The lowest BCUT2D eigenvalue weighted by Gasteiger charge is -2.21. The lowest BCUT2D eigenvalue weighted by molar-refractivity contribution is -0.125. The molecule has 0 aromatic heterocycles. The van der Waals surface area contributed by atoms with Crippen molar-refractivity contribution in [2.45, 2.75) is 65.5 Å². The van der Waals surface area contributed by atoms with Crippen molar-refractivity contribution >= 4 is 11.9 Å². The molecule has 0 saturated heterocycles. The second-order valence-electron chi connectivity index (χ2n) is 6.41. The largest absolute Gasteiger partial charge is 0.444 e. The Morgan fingerprint density at radius 1 is 1.22 bits per heavy atom. The quantitative estimate of drug-likeness (QED) is 0.843. The van der Waals surface area contributed by atoms with E-state index >= 15 is 0 Å². The summed E-state index contributed by atoms with van der Waals surface area (Å²) in [6.45, 7) is 9.37. The lowest BCUT2D eigenvalue weighted by Crippen LogP contribution is -2.38. The maximum Gasteiger partial charge on any atom is 0.407 e. The molecule has 2 atom stereocenters. The molecule has 4 nitrogen and oxygen atoms in total. The molecule has 1 N–H and O–H groups in total. The van der Waals surface area contributed by atoms with Gasteiger partial charge in [0.05, 0.1) is 0 Å². The Hall–Kier alpha value is -1.06. The summed E-state index contributed by atoms with van der Waals surface area (Å²) in [6.07, 6.45) is 2.10. The number of ether oxygens (including phenoxy) is 1. The van der Waals surface area contributed by atoms with Gasteiger partial charge in [-0.2, -0.15) is 0 Å². The van der Waals surface area contributed by atoms with Crippen molar-refractivity contribution in [3.63, 3.8) is 0 Å². The topological polar surface area (TPSA) is 55.4 Å². The first-order valence-corrected chi connectivity index (χ1v) is 6.72. The third-order valence-electron chi connectivity index (χ3n) is 3.12. The van der Waals surface area contributed by atoms with Gasteiger partial charge in [0.2, 0.25) is 0 Å². The predicted molar refractivity (Wildman–Crippen MR) is 70.3 cm³/mol. The van der Waals surface area contributed by atoms with Crippen molar-refractivity contribution in [1.29, 1.82) is 0 Å². The first-order valence-electron chi connectivity index (χ1n) is 6.72. The highest BCUT2D eigenvalue weighted by Crippen LogP contribution is 2.28. The molecular weight excluding hydrogens is 230 g/mol. The van der Waals surface area contributed by atoms with Gasteiger partial charge in [0.15, 0.2) is 0 Å². The summed E-state index contributed by atoms with van der Waals surface area (Å²) in [4.78, 5) is 23.5. The fourth-order valence-corrected chi connectivity index (χ4v) is 2.32. The van der Waals surface area contributed by atoms with Crippen molar-refractivity contribution < 1.29 is 14.3 Å². The molecule has 0 heterocycles. The molecule has 0 spiro atoms. The van der Waals surface area contributed by atoms with E-state index in [9.17, 15) is 9.59 Å². The monoisotopic (exact) mass is 255 g/mol. The molecule has 1 saturated carbocycles. The van der Waals surface area contributed by atoms with E-state index in [1.54, 1.807) is 0 Å². The normalized spacial score (nSPS) is 24.1. The second-order valence-corrected chi connectivity index (χ2v) is 6.41. The van der Waals surface area contributed by atoms with Crippen LogP contribution < -0.4 is 5.32 Å². The van der Waals surface area contributed by atoms with Gasteiger partial charge in [-0.05, 0) is 40.0 Å². The minimum atomic E-state index is -0.476. The van der Waals surface area contributed by atoms with Crippen molar-refractivity contribution in [2.24, 2.45) is 11.8 Å². The van der Waals surface area contributed by atoms with Crippen LogP contribution in [0, 0.1) is 11.8 Å². The number of hydrogen-bond acceptors (Lipinski definition) is 3. The van der Waals surface area contributed by atoms with Crippen LogP contribution in [-0.2, 0) is 9.53 Å². The summed E-state index contributed by atoms with van der Waals surface area (Å²) in [5.41, 5.74) is -0.476. The smallest absolute Gasteiger partial charge is 0.407 e. The zero-order valence-corrected chi connectivity index (χ0v) is 12.1. The molecule has 0 unspecified atom stereocenters. The van der Waals surface area contributed by atoms with E-state index in [2.05, 4.69) is 5.32 Å². The van der Waals surface area contributed by atoms with E-state index in [0.717, 1.165) is 19.3 Å². The average molecular weight is 255 g/mol. The molecule has 18 heavy (non-hydrogen) atoms. The Kier molecular flexibility index (Phi) is 4.77. The molecule has 1 fully saturated rings. The Balaban J connectivity index is 2.39. The first-order chi connectivity index (χ1) is 8.19. The van der Waals surface area contributed by atoms with E-state index in [-0.39, 0.29) is 24.0 Å². The zero-order chi connectivity index (χ0) is 13.9. The highest BCUT2D eigenvalue weighted by Gasteiger charge is 2.32. The number of nitrogens with one attached hydrogen (secondary N) is 1. The number of rotatable bonds is 3. The molecule has 1 aliphatic carbocycles. The first kappa shape index (κ1) is 15.0. The van der Waals surface area contributed by atoms with Crippen molar-refractivity contribution in [3.8, 4) is 0 Å². The van der Waals surface area contributed by atoms with E-state index in [4.69, 9.17) is 4.74 Å². The van der Waals surface area contributed by atoms with Gasteiger partial charge in [-0.15, -0.1) is 0 Å². The molecule has 0 bridgehead atoms. The molecule has 0 aromatic carbocycles. The van der Waals surface area contributed by atoms with E-state index in [1.165, 1.54) is 0 Å². The van der Waals surface area contributed by atoms with Gasteiger partial charge in [-0.25, -0.2) is 4.79 Å². The predicted octanol–water partition coefficient (Wildman–Crippen LogP) is 2.90. The van der Waals surface area contributed by atoms with Crippen LogP contribution in [0.25, 0.3) is 0 Å². The van der Waals surface area contributed by atoms with Crippen LogP contribution in [0.3, 0.4) is 0 Å². The van der Waals surface area contributed by atoms with Crippen LogP contribution in [0.2, 0.25) is 0 Å². The maximum atomic E-state index is 11.9. The number of carbonyl (C=O) groups excluding carboxylic acids is 2. The minimum Gasteiger partial charge on any atom is -0.444 e. The molecule has 1 aliphatic rings. The summed E-state index contributed by atoms with van der Waals surface area (Å²) in [5, 5.41) is 2.85. The van der Waals surface area contributed by atoms with Gasteiger partial charge in [-0.3, -0.25) is 4.79 Å². The molecule has 1 amide bonds.